The first-order valence-corrected chi connectivity index (χ1v) is 11.0. The van der Waals surface area contributed by atoms with Crippen molar-refractivity contribution in [2.45, 2.75) is 32.7 Å². The molecule has 0 saturated carbocycles. The van der Waals surface area contributed by atoms with E-state index in [9.17, 15) is 4.79 Å². The standard InChI is InChI=1S/C21H30N6OS/c1-3-8-26-9-11-27(12-10-26)21(23)29-19(22)20(28)25-15(2)13-16-14-24-18-7-5-4-6-17(16)18/h4-7,14-15,22-24H,3,8-13H2,1-2H3,(H,25,28). The summed E-state index contributed by atoms with van der Waals surface area (Å²) in [6, 6.07) is 7.99. The van der Waals surface area contributed by atoms with Gasteiger partial charge in [0.25, 0.3) is 5.91 Å². The maximum atomic E-state index is 12.4. The Kier molecular flexibility index (Phi) is 7.33. The number of piperazine rings is 1. The van der Waals surface area contributed by atoms with E-state index in [2.05, 4.69) is 28.2 Å². The fourth-order valence-electron chi connectivity index (χ4n) is 3.67. The number of fused-ring (bicyclic) bond motifs is 1. The Hall–Kier alpha value is -2.32. The first-order chi connectivity index (χ1) is 14.0. The van der Waals surface area contributed by atoms with Crippen molar-refractivity contribution in [3.05, 3.63) is 36.0 Å². The first kappa shape index (κ1) is 21.4. The number of nitrogens with zero attached hydrogens (tertiary/aromatic N) is 2. The van der Waals surface area contributed by atoms with Crippen LogP contribution in [0.3, 0.4) is 0 Å². The van der Waals surface area contributed by atoms with E-state index in [4.69, 9.17) is 10.8 Å². The predicted molar refractivity (Wildman–Crippen MR) is 121 cm³/mol. The predicted octanol–water partition coefficient (Wildman–Crippen LogP) is 2.89. The van der Waals surface area contributed by atoms with Crippen LogP contribution >= 0.6 is 11.8 Å². The van der Waals surface area contributed by atoms with E-state index in [0.29, 0.717) is 6.42 Å². The van der Waals surface area contributed by atoms with Gasteiger partial charge in [-0.05, 0) is 49.7 Å². The van der Waals surface area contributed by atoms with Gasteiger partial charge in [-0.15, -0.1) is 0 Å². The fourth-order valence-corrected chi connectivity index (χ4v) is 4.33. The molecule has 2 heterocycles. The molecule has 4 N–H and O–H groups in total. The third-order valence-electron chi connectivity index (χ3n) is 5.18. The molecule has 1 amide bonds. The van der Waals surface area contributed by atoms with Crippen LogP contribution in [0, 0.1) is 10.8 Å². The Morgan fingerprint density at radius 1 is 1.24 bits per heavy atom. The second-order valence-electron chi connectivity index (χ2n) is 7.50. The topological polar surface area (TPSA) is 99.1 Å². The summed E-state index contributed by atoms with van der Waals surface area (Å²) in [7, 11) is 0. The largest absolute Gasteiger partial charge is 0.361 e. The average molecular weight is 415 g/mol. The molecule has 1 aliphatic rings. The number of aromatic nitrogens is 1. The smallest absolute Gasteiger partial charge is 0.276 e. The van der Waals surface area contributed by atoms with Gasteiger partial charge in [-0.3, -0.25) is 20.5 Å². The molecule has 0 radical (unpaired) electrons. The van der Waals surface area contributed by atoms with E-state index in [-0.39, 0.29) is 16.3 Å². The van der Waals surface area contributed by atoms with E-state index in [1.807, 2.05) is 36.2 Å². The molecule has 0 bridgehead atoms. The lowest BCUT2D eigenvalue weighted by Crippen LogP contribution is -2.48. The Labute approximate surface area is 176 Å². The zero-order chi connectivity index (χ0) is 20.8. The van der Waals surface area contributed by atoms with Crippen LogP contribution in [0.1, 0.15) is 25.8 Å². The van der Waals surface area contributed by atoms with Crippen LogP contribution < -0.4 is 5.32 Å². The highest BCUT2D eigenvalue weighted by atomic mass is 32.2. The van der Waals surface area contributed by atoms with Crippen LogP contribution in [0.25, 0.3) is 10.9 Å². The molecule has 1 fully saturated rings. The van der Waals surface area contributed by atoms with Crippen LogP contribution in [-0.2, 0) is 11.2 Å². The van der Waals surface area contributed by atoms with Gasteiger partial charge in [-0.25, -0.2) is 0 Å². The Balaban J connectivity index is 1.46. The molecule has 1 aliphatic heterocycles. The summed E-state index contributed by atoms with van der Waals surface area (Å²) in [6.45, 7) is 8.60. The Bertz CT molecular complexity index is 871. The number of rotatable bonds is 5. The molecule has 0 spiro atoms. The number of H-pyrrole nitrogens is 1. The van der Waals surface area contributed by atoms with Crippen molar-refractivity contribution in [2.75, 3.05) is 32.7 Å². The number of hydrogen-bond acceptors (Lipinski definition) is 5. The van der Waals surface area contributed by atoms with E-state index in [1.54, 1.807) is 0 Å². The highest BCUT2D eigenvalue weighted by molar-refractivity contribution is 8.27. The van der Waals surface area contributed by atoms with Gasteiger partial charge in [-0.1, -0.05) is 25.1 Å². The van der Waals surface area contributed by atoms with Gasteiger partial charge in [0.05, 0.1) is 0 Å². The molecule has 2 aromatic rings. The van der Waals surface area contributed by atoms with Crippen LogP contribution in [0.15, 0.2) is 30.5 Å². The van der Waals surface area contributed by atoms with E-state index in [0.717, 1.165) is 67.4 Å². The number of aromatic amines is 1. The van der Waals surface area contributed by atoms with Gasteiger partial charge in [0.1, 0.15) is 0 Å². The molecule has 156 valence electrons. The number of hydrogen-bond donors (Lipinski definition) is 4. The molecule has 8 heteroatoms. The highest BCUT2D eigenvalue weighted by Gasteiger charge is 2.22. The van der Waals surface area contributed by atoms with Crippen molar-refractivity contribution in [1.82, 2.24) is 20.1 Å². The number of carbonyl (C=O) groups is 1. The van der Waals surface area contributed by atoms with E-state index in [1.165, 1.54) is 0 Å². The van der Waals surface area contributed by atoms with Gasteiger partial charge in [-0.2, -0.15) is 0 Å². The van der Waals surface area contributed by atoms with Crippen molar-refractivity contribution in [3.63, 3.8) is 0 Å². The monoisotopic (exact) mass is 414 g/mol. The second-order valence-corrected chi connectivity index (χ2v) is 8.50. The van der Waals surface area contributed by atoms with Gasteiger partial charge < -0.3 is 15.2 Å². The maximum absolute atomic E-state index is 12.4. The number of benzene rings is 1. The maximum Gasteiger partial charge on any atom is 0.276 e. The number of carbonyl (C=O) groups excluding carboxylic acids is 1. The average Bonchev–Trinajstić information content (AvgIpc) is 3.11. The van der Waals surface area contributed by atoms with Gasteiger partial charge in [0.2, 0.25) is 0 Å². The molecule has 1 aromatic heterocycles. The lowest BCUT2D eigenvalue weighted by atomic mass is 10.1. The van der Waals surface area contributed by atoms with Gasteiger partial charge >= 0.3 is 0 Å². The molecule has 1 saturated heterocycles. The number of thioether (sulfide) groups is 1. The quantitative estimate of drug-likeness (QED) is 0.447. The summed E-state index contributed by atoms with van der Waals surface area (Å²) < 4.78 is 0. The lowest BCUT2D eigenvalue weighted by molar-refractivity contribution is -0.115. The Morgan fingerprint density at radius 3 is 2.69 bits per heavy atom. The number of amidine groups is 1. The van der Waals surface area contributed by atoms with Crippen LogP contribution in [0.4, 0.5) is 0 Å². The molecule has 1 aromatic carbocycles. The van der Waals surface area contributed by atoms with Crippen LogP contribution in [0.2, 0.25) is 0 Å². The minimum absolute atomic E-state index is 0.102. The second kappa shape index (κ2) is 9.93. The number of nitrogens with one attached hydrogen (secondary N) is 4. The normalized spacial score (nSPS) is 16.0. The summed E-state index contributed by atoms with van der Waals surface area (Å²) in [4.78, 5) is 20.0. The summed E-state index contributed by atoms with van der Waals surface area (Å²) in [5.41, 5.74) is 2.22. The van der Waals surface area contributed by atoms with Crippen molar-refractivity contribution in [2.24, 2.45) is 0 Å². The number of para-hydroxylation sites is 1. The zero-order valence-electron chi connectivity index (χ0n) is 17.1. The molecule has 1 atom stereocenters. The molecule has 3 rings (SSSR count). The summed E-state index contributed by atoms with van der Waals surface area (Å²) in [6.07, 6.45) is 3.79. The summed E-state index contributed by atoms with van der Waals surface area (Å²) >= 11 is 0.937. The van der Waals surface area contributed by atoms with Crippen molar-refractivity contribution < 1.29 is 4.79 Å². The van der Waals surface area contributed by atoms with Gasteiger partial charge in [0.15, 0.2) is 10.2 Å². The van der Waals surface area contributed by atoms with Crippen LogP contribution in [0.5, 0.6) is 0 Å². The third kappa shape index (κ3) is 5.61. The zero-order valence-corrected chi connectivity index (χ0v) is 17.9. The fraction of sp³-hybridized carbons (Fsp3) is 0.476. The van der Waals surface area contributed by atoms with E-state index >= 15 is 0 Å². The minimum atomic E-state index is -0.420. The van der Waals surface area contributed by atoms with Crippen molar-refractivity contribution in [3.8, 4) is 0 Å². The Morgan fingerprint density at radius 2 is 1.97 bits per heavy atom. The third-order valence-corrected chi connectivity index (χ3v) is 6.02. The van der Waals surface area contributed by atoms with Crippen LogP contribution in [-0.4, -0.2) is 69.7 Å². The summed E-state index contributed by atoms with van der Waals surface area (Å²) in [5, 5.41) is 20.5. The first-order valence-electron chi connectivity index (χ1n) is 10.2. The molecule has 7 nitrogen and oxygen atoms in total. The van der Waals surface area contributed by atoms with Crippen molar-refractivity contribution >= 4 is 38.8 Å². The molecule has 0 aliphatic carbocycles. The van der Waals surface area contributed by atoms with Gasteiger partial charge in [0, 0.05) is 49.3 Å². The van der Waals surface area contributed by atoms with E-state index < -0.39 is 5.91 Å². The summed E-state index contributed by atoms with van der Waals surface area (Å²) in [5.74, 6) is -0.420. The molecular formula is C21H30N6OS. The molecule has 29 heavy (non-hydrogen) atoms. The minimum Gasteiger partial charge on any atom is -0.361 e. The molecular weight excluding hydrogens is 384 g/mol. The SMILES string of the molecule is CCCN1CCN(C(=N)SC(=N)C(=O)NC(C)Cc2c[nH]c3ccccc23)CC1. The number of amides is 1. The highest BCUT2D eigenvalue weighted by Crippen LogP contribution is 2.19. The molecule has 1 unspecified atom stereocenters. The lowest BCUT2D eigenvalue weighted by Gasteiger charge is -2.35. The van der Waals surface area contributed by atoms with Crippen molar-refractivity contribution in [1.29, 1.82) is 10.8 Å².